The number of methoxy groups -OCH3 is 1. The highest BCUT2D eigenvalue weighted by Crippen LogP contribution is 2.19. The van der Waals surface area contributed by atoms with Crippen molar-refractivity contribution in [2.45, 2.75) is 6.54 Å². The Hall–Kier alpha value is -3.07. The van der Waals surface area contributed by atoms with Gasteiger partial charge in [0.15, 0.2) is 0 Å². The second kappa shape index (κ2) is 7.47. The van der Waals surface area contributed by atoms with Gasteiger partial charge in [-0.2, -0.15) is 0 Å². The minimum absolute atomic E-state index is 0.131. The molecule has 3 aromatic carbocycles. The van der Waals surface area contributed by atoms with Gasteiger partial charge in [0.25, 0.3) is 0 Å². The zero-order valence-electron chi connectivity index (χ0n) is 13.5. The summed E-state index contributed by atoms with van der Waals surface area (Å²) >= 11 is 0. The van der Waals surface area contributed by atoms with Crippen molar-refractivity contribution in [3.8, 4) is 5.75 Å². The molecule has 0 heterocycles. The SMILES string of the molecule is COc1ccccc1CNC(=O)/C=C/c1cccc2ccccc12. The third-order valence-electron chi connectivity index (χ3n) is 3.88. The predicted molar refractivity (Wildman–Crippen MR) is 97.8 cm³/mol. The molecule has 0 atom stereocenters. The van der Waals surface area contributed by atoms with Crippen LogP contribution in [0, 0.1) is 0 Å². The minimum Gasteiger partial charge on any atom is -0.496 e. The van der Waals surface area contributed by atoms with E-state index in [1.165, 1.54) is 0 Å². The van der Waals surface area contributed by atoms with E-state index in [2.05, 4.69) is 23.5 Å². The molecule has 3 heteroatoms. The van der Waals surface area contributed by atoms with Crippen molar-refractivity contribution in [1.29, 1.82) is 0 Å². The molecular formula is C21H19NO2. The number of para-hydroxylation sites is 1. The maximum Gasteiger partial charge on any atom is 0.244 e. The van der Waals surface area contributed by atoms with Crippen LogP contribution in [0.1, 0.15) is 11.1 Å². The summed E-state index contributed by atoms with van der Waals surface area (Å²) in [5.41, 5.74) is 1.98. The molecular weight excluding hydrogens is 298 g/mol. The fraction of sp³-hybridized carbons (Fsp3) is 0.0952. The van der Waals surface area contributed by atoms with Crippen molar-refractivity contribution in [1.82, 2.24) is 5.32 Å². The number of hydrogen-bond donors (Lipinski definition) is 1. The quantitative estimate of drug-likeness (QED) is 0.717. The largest absolute Gasteiger partial charge is 0.496 e. The fourth-order valence-electron chi connectivity index (χ4n) is 2.65. The number of hydrogen-bond acceptors (Lipinski definition) is 2. The number of carbonyl (C=O) groups excluding carboxylic acids is 1. The summed E-state index contributed by atoms with van der Waals surface area (Å²) in [6.45, 7) is 0.433. The maximum atomic E-state index is 12.1. The van der Waals surface area contributed by atoms with E-state index in [1.807, 2.05) is 54.6 Å². The molecule has 3 aromatic rings. The van der Waals surface area contributed by atoms with Gasteiger partial charge in [0.2, 0.25) is 5.91 Å². The first-order valence-corrected chi connectivity index (χ1v) is 7.83. The number of ether oxygens (including phenoxy) is 1. The Morgan fingerprint density at radius 2 is 1.75 bits per heavy atom. The molecule has 3 nitrogen and oxygen atoms in total. The monoisotopic (exact) mass is 317 g/mol. The first kappa shape index (κ1) is 15.8. The fourth-order valence-corrected chi connectivity index (χ4v) is 2.65. The number of carbonyl (C=O) groups is 1. The zero-order chi connectivity index (χ0) is 16.8. The normalized spacial score (nSPS) is 10.9. The Balaban J connectivity index is 1.69. The third-order valence-corrected chi connectivity index (χ3v) is 3.88. The molecule has 0 aromatic heterocycles. The summed E-state index contributed by atoms with van der Waals surface area (Å²) < 4.78 is 5.29. The number of benzene rings is 3. The van der Waals surface area contributed by atoms with Gasteiger partial charge in [0, 0.05) is 18.2 Å². The molecule has 0 fully saturated rings. The molecule has 0 saturated heterocycles. The Bertz CT molecular complexity index is 878. The van der Waals surface area contributed by atoms with Crippen LogP contribution in [0.5, 0.6) is 5.75 Å². The molecule has 3 rings (SSSR count). The lowest BCUT2D eigenvalue weighted by Crippen LogP contribution is -2.20. The van der Waals surface area contributed by atoms with Crippen molar-refractivity contribution in [3.63, 3.8) is 0 Å². The zero-order valence-corrected chi connectivity index (χ0v) is 13.5. The summed E-state index contributed by atoms with van der Waals surface area (Å²) in [4.78, 5) is 12.1. The van der Waals surface area contributed by atoms with Crippen molar-refractivity contribution >= 4 is 22.8 Å². The van der Waals surface area contributed by atoms with Gasteiger partial charge in [0.1, 0.15) is 5.75 Å². The van der Waals surface area contributed by atoms with Gasteiger partial charge < -0.3 is 10.1 Å². The predicted octanol–water partition coefficient (Wildman–Crippen LogP) is 4.18. The molecule has 24 heavy (non-hydrogen) atoms. The van der Waals surface area contributed by atoms with Crippen molar-refractivity contribution < 1.29 is 9.53 Å². The standard InChI is InChI=1S/C21H19NO2/c1-24-20-12-5-3-8-18(20)15-22-21(23)14-13-17-10-6-9-16-7-2-4-11-19(16)17/h2-14H,15H2,1H3,(H,22,23)/b14-13+. The smallest absolute Gasteiger partial charge is 0.244 e. The highest BCUT2D eigenvalue weighted by Gasteiger charge is 2.03. The van der Waals surface area contributed by atoms with Crippen LogP contribution in [0.2, 0.25) is 0 Å². The van der Waals surface area contributed by atoms with Gasteiger partial charge in [-0.15, -0.1) is 0 Å². The Kier molecular flexibility index (Phi) is 4.92. The van der Waals surface area contributed by atoms with Crippen molar-refractivity contribution in [2.75, 3.05) is 7.11 Å². The average Bonchev–Trinajstić information content (AvgIpc) is 2.64. The van der Waals surface area contributed by atoms with E-state index < -0.39 is 0 Å². The summed E-state index contributed by atoms with van der Waals surface area (Å²) in [6, 6.07) is 21.9. The van der Waals surface area contributed by atoms with Crippen LogP contribution in [-0.2, 0) is 11.3 Å². The molecule has 0 spiro atoms. The van der Waals surface area contributed by atoms with Crippen molar-refractivity contribution in [3.05, 3.63) is 83.9 Å². The summed E-state index contributed by atoms with van der Waals surface area (Å²) in [7, 11) is 1.63. The van der Waals surface area contributed by atoms with Crippen LogP contribution in [-0.4, -0.2) is 13.0 Å². The van der Waals surface area contributed by atoms with Gasteiger partial charge in [0.05, 0.1) is 7.11 Å². The molecule has 0 bridgehead atoms. The second-order valence-electron chi connectivity index (χ2n) is 5.43. The van der Waals surface area contributed by atoms with E-state index in [0.717, 1.165) is 27.6 Å². The number of rotatable bonds is 5. The molecule has 0 aliphatic heterocycles. The van der Waals surface area contributed by atoms with E-state index in [4.69, 9.17) is 4.74 Å². The molecule has 120 valence electrons. The van der Waals surface area contributed by atoms with E-state index in [9.17, 15) is 4.79 Å². The van der Waals surface area contributed by atoms with Crippen LogP contribution >= 0.6 is 0 Å². The number of amides is 1. The van der Waals surface area contributed by atoms with E-state index in [1.54, 1.807) is 13.2 Å². The van der Waals surface area contributed by atoms with Crippen LogP contribution < -0.4 is 10.1 Å². The number of fused-ring (bicyclic) bond motifs is 1. The lowest BCUT2D eigenvalue weighted by atomic mass is 10.0. The summed E-state index contributed by atoms with van der Waals surface area (Å²) in [5, 5.41) is 5.18. The topological polar surface area (TPSA) is 38.3 Å². The molecule has 0 aliphatic carbocycles. The molecule has 1 amide bonds. The van der Waals surface area contributed by atoms with Crippen molar-refractivity contribution in [2.24, 2.45) is 0 Å². The summed E-state index contributed by atoms with van der Waals surface area (Å²) in [5.74, 6) is 0.643. The molecule has 0 saturated carbocycles. The average molecular weight is 317 g/mol. The van der Waals surface area contributed by atoms with E-state index in [0.29, 0.717) is 6.54 Å². The van der Waals surface area contributed by atoms with Crippen LogP contribution in [0.25, 0.3) is 16.8 Å². The molecule has 0 aliphatic rings. The molecule has 1 N–H and O–H groups in total. The van der Waals surface area contributed by atoms with Gasteiger partial charge in [-0.3, -0.25) is 4.79 Å². The molecule has 0 radical (unpaired) electrons. The van der Waals surface area contributed by atoms with E-state index >= 15 is 0 Å². The summed E-state index contributed by atoms with van der Waals surface area (Å²) in [6.07, 6.45) is 3.41. The van der Waals surface area contributed by atoms with Gasteiger partial charge in [-0.1, -0.05) is 60.7 Å². The molecule has 0 unspecified atom stereocenters. The van der Waals surface area contributed by atoms with Crippen LogP contribution in [0.4, 0.5) is 0 Å². The van der Waals surface area contributed by atoms with Gasteiger partial charge in [-0.25, -0.2) is 0 Å². The van der Waals surface area contributed by atoms with Crippen LogP contribution in [0.3, 0.4) is 0 Å². The number of nitrogens with one attached hydrogen (secondary N) is 1. The highest BCUT2D eigenvalue weighted by molar-refractivity contribution is 5.96. The van der Waals surface area contributed by atoms with Gasteiger partial charge >= 0.3 is 0 Å². The first-order valence-electron chi connectivity index (χ1n) is 7.83. The Labute approximate surface area is 141 Å². The lowest BCUT2D eigenvalue weighted by molar-refractivity contribution is -0.116. The highest BCUT2D eigenvalue weighted by atomic mass is 16.5. The first-order chi connectivity index (χ1) is 11.8. The Morgan fingerprint density at radius 3 is 2.62 bits per heavy atom. The minimum atomic E-state index is -0.131. The maximum absolute atomic E-state index is 12.1. The Morgan fingerprint density at radius 1 is 1.00 bits per heavy atom. The second-order valence-corrected chi connectivity index (χ2v) is 5.43. The third kappa shape index (κ3) is 3.63. The van der Waals surface area contributed by atoms with Gasteiger partial charge in [-0.05, 0) is 28.5 Å². The van der Waals surface area contributed by atoms with E-state index in [-0.39, 0.29) is 5.91 Å². The van der Waals surface area contributed by atoms with Crippen LogP contribution in [0.15, 0.2) is 72.8 Å². The lowest BCUT2D eigenvalue weighted by Gasteiger charge is -2.08.